The van der Waals surface area contributed by atoms with E-state index in [2.05, 4.69) is 38.9 Å². The molecular weight excluding hydrogens is 290 g/mol. The van der Waals surface area contributed by atoms with Crippen LogP contribution >= 0.6 is 23.6 Å². The Morgan fingerprint density at radius 2 is 2.25 bits per heavy atom. The molecule has 3 aromatic rings. The number of rotatable bonds is 3. The van der Waals surface area contributed by atoms with Crippen molar-refractivity contribution in [1.82, 2.24) is 24.3 Å². The highest BCUT2D eigenvalue weighted by molar-refractivity contribution is 7.71. The van der Waals surface area contributed by atoms with Gasteiger partial charge in [0.1, 0.15) is 10.5 Å². The molecule has 3 aromatic heterocycles. The van der Waals surface area contributed by atoms with Crippen molar-refractivity contribution >= 4 is 34.7 Å². The van der Waals surface area contributed by atoms with Gasteiger partial charge in [0.2, 0.25) is 0 Å². The minimum atomic E-state index is 0.107. The van der Waals surface area contributed by atoms with E-state index >= 15 is 0 Å². The van der Waals surface area contributed by atoms with Gasteiger partial charge in [-0.1, -0.05) is 6.92 Å². The molecule has 1 atom stereocenters. The molecule has 0 saturated heterocycles. The number of imidazole rings is 1. The Bertz CT molecular complexity index is 820. The van der Waals surface area contributed by atoms with Crippen molar-refractivity contribution in [2.24, 2.45) is 7.05 Å². The van der Waals surface area contributed by atoms with Crippen molar-refractivity contribution in [3.05, 3.63) is 26.5 Å². The zero-order valence-electron chi connectivity index (χ0n) is 12.0. The van der Waals surface area contributed by atoms with Crippen molar-refractivity contribution < 1.29 is 0 Å². The van der Waals surface area contributed by atoms with Gasteiger partial charge in [-0.05, 0) is 32.5 Å². The smallest absolute Gasteiger partial charge is 0.179 e. The lowest BCUT2D eigenvalue weighted by molar-refractivity contribution is 0.615. The summed E-state index contributed by atoms with van der Waals surface area (Å²) < 4.78 is 4.73. The molecule has 20 heavy (non-hydrogen) atoms. The van der Waals surface area contributed by atoms with E-state index in [1.54, 1.807) is 11.3 Å². The van der Waals surface area contributed by atoms with Crippen LogP contribution in [0.15, 0.2) is 5.38 Å². The summed E-state index contributed by atoms with van der Waals surface area (Å²) in [5.74, 6) is 0. The van der Waals surface area contributed by atoms with E-state index in [0.717, 1.165) is 38.8 Å². The number of nitrogens with one attached hydrogen (secondary N) is 1. The molecule has 0 amide bonds. The molecule has 0 aromatic carbocycles. The first-order valence-corrected chi connectivity index (χ1v) is 7.89. The third-order valence-electron chi connectivity index (χ3n) is 3.48. The Balaban J connectivity index is 2.23. The molecule has 0 bridgehead atoms. The zero-order chi connectivity index (χ0) is 14.4. The Kier molecular flexibility index (Phi) is 3.25. The second kappa shape index (κ2) is 4.82. The van der Waals surface area contributed by atoms with E-state index in [1.807, 2.05) is 18.7 Å². The van der Waals surface area contributed by atoms with Crippen LogP contribution in [-0.4, -0.2) is 24.3 Å². The maximum atomic E-state index is 5.50. The van der Waals surface area contributed by atoms with Gasteiger partial charge in [-0.3, -0.25) is 9.25 Å². The quantitative estimate of drug-likeness (QED) is 0.755. The molecule has 0 spiro atoms. The summed E-state index contributed by atoms with van der Waals surface area (Å²) in [6.07, 6.45) is 0.886. The Morgan fingerprint density at radius 3 is 2.85 bits per heavy atom. The lowest BCUT2D eigenvalue weighted by Crippen LogP contribution is -2.09. The predicted octanol–water partition coefficient (Wildman–Crippen LogP) is 3.37. The standard InChI is InChI=1S/C13H17N5S2/c1-5-9-10-12(17(4)16-9)18(13(19)15-10)8(3)11-14-7(2)6-20-11/h6,8H,5H2,1-4H3,(H,15,19). The van der Waals surface area contributed by atoms with Gasteiger partial charge >= 0.3 is 0 Å². The number of hydrogen-bond acceptors (Lipinski definition) is 4. The number of aromatic nitrogens is 5. The maximum Gasteiger partial charge on any atom is 0.179 e. The van der Waals surface area contributed by atoms with Gasteiger partial charge in [-0.15, -0.1) is 11.3 Å². The van der Waals surface area contributed by atoms with Crippen molar-refractivity contribution in [2.75, 3.05) is 0 Å². The van der Waals surface area contributed by atoms with Gasteiger partial charge < -0.3 is 4.98 Å². The molecule has 106 valence electrons. The van der Waals surface area contributed by atoms with Crippen LogP contribution in [0.4, 0.5) is 0 Å². The van der Waals surface area contributed by atoms with Gasteiger partial charge in [0, 0.05) is 18.1 Å². The first-order chi connectivity index (χ1) is 9.52. The highest BCUT2D eigenvalue weighted by atomic mass is 32.1. The molecule has 5 nitrogen and oxygen atoms in total. The monoisotopic (exact) mass is 307 g/mol. The normalized spacial score (nSPS) is 13.2. The second-order valence-electron chi connectivity index (χ2n) is 4.93. The topological polar surface area (TPSA) is 51.4 Å². The van der Waals surface area contributed by atoms with Crippen molar-refractivity contribution in [2.45, 2.75) is 33.2 Å². The van der Waals surface area contributed by atoms with E-state index in [9.17, 15) is 0 Å². The summed E-state index contributed by atoms with van der Waals surface area (Å²) in [5.41, 5.74) is 4.18. The van der Waals surface area contributed by atoms with Gasteiger partial charge in [-0.2, -0.15) is 5.10 Å². The molecule has 3 heterocycles. The molecule has 1 unspecified atom stereocenters. The Hall–Kier alpha value is -1.47. The number of hydrogen-bond donors (Lipinski definition) is 1. The van der Waals surface area contributed by atoms with Crippen LogP contribution in [0.5, 0.6) is 0 Å². The molecule has 0 saturated carbocycles. The third kappa shape index (κ3) is 1.92. The number of aromatic amines is 1. The van der Waals surface area contributed by atoms with Gasteiger partial charge in [-0.25, -0.2) is 4.98 Å². The van der Waals surface area contributed by atoms with Crippen molar-refractivity contribution in [1.29, 1.82) is 0 Å². The van der Waals surface area contributed by atoms with Gasteiger partial charge in [0.15, 0.2) is 10.4 Å². The van der Waals surface area contributed by atoms with Crippen LogP contribution < -0.4 is 0 Å². The summed E-state index contributed by atoms with van der Waals surface area (Å²) in [4.78, 5) is 7.88. The first kappa shape index (κ1) is 13.5. The molecule has 7 heteroatoms. The van der Waals surface area contributed by atoms with Crippen LogP contribution in [-0.2, 0) is 13.5 Å². The molecule has 0 radical (unpaired) electrons. The third-order valence-corrected chi connectivity index (χ3v) is 4.92. The van der Waals surface area contributed by atoms with Crippen LogP contribution in [0.25, 0.3) is 11.2 Å². The van der Waals surface area contributed by atoms with Crippen LogP contribution in [0.2, 0.25) is 0 Å². The number of nitrogens with zero attached hydrogens (tertiary/aromatic N) is 4. The molecule has 3 rings (SSSR count). The average Bonchev–Trinajstić information content (AvgIpc) is 3.05. The lowest BCUT2D eigenvalue weighted by Gasteiger charge is -2.11. The number of aryl methyl sites for hydroxylation is 3. The maximum absolute atomic E-state index is 5.50. The van der Waals surface area contributed by atoms with E-state index in [1.165, 1.54) is 0 Å². The van der Waals surface area contributed by atoms with Crippen LogP contribution in [0.3, 0.4) is 0 Å². The summed E-state index contributed by atoms with van der Waals surface area (Å²) >= 11 is 7.17. The first-order valence-electron chi connectivity index (χ1n) is 6.61. The number of H-pyrrole nitrogens is 1. The minimum absolute atomic E-state index is 0.107. The summed E-state index contributed by atoms with van der Waals surface area (Å²) in [7, 11) is 1.96. The SMILES string of the molecule is CCc1nn(C)c2c1[nH]c(=S)n2C(C)c1nc(C)cs1. The van der Waals surface area contributed by atoms with E-state index in [-0.39, 0.29) is 6.04 Å². The van der Waals surface area contributed by atoms with Crippen molar-refractivity contribution in [3.8, 4) is 0 Å². The average molecular weight is 307 g/mol. The Labute approximate surface area is 126 Å². The zero-order valence-corrected chi connectivity index (χ0v) is 13.6. The summed E-state index contributed by atoms with van der Waals surface area (Å²) in [5, 5.41) is 7.69. The fourth-order valence-electron chi connectivity index (χ4n) is 2.52. The molecular formula is C13H17N5S2. The highest BCUT2D eigenvalue weighted by Gasteiger charge is 2.20. The van der Waals surface area contributed by atoms with E-state index < -0.39 is 0 Å². The van der Waals surface area contributed by atoms with E-state index in [4.69, 9.17) is 12.2 Å². The fraction of sp³-hybridized carbons (Fsp3) is 0.462. The fourth-order valence-corrected chi connectivity index (χ4v) is 3.71. The van der Waals surface area contributed by atoms with Crippen LogP contribution in [0, 0.1) is 11.7 Å². The number of thiazole rings is 1. The second-order valence-corrected chi connectivity index (χ2v) is 6.20. The largest absolute Gasteiger partial charge is 0.328 e. The summed E-state index contributed by atoms with van der Waals surface area (Å²) in [6.45, 7) is 6.24. The van der Waals surface area contributed by atoms with Crippen molar-refractivity contribution in [3.63, 3.8) is 0 Å². The van der Waals surface area contributed by atoms with Gasteiger partial charge in [0.25, 0.3) is 0 Å². The van der Waals surface area contributed by atoms with E-state index in [0.29, 0.717) is 0 Å². The molecule has 0 fully saturated rings. The van der Waals surface area contributed by atoms with Gasteiger partial charge in [0.05, 0.1) is 11.7 Å². The predicted molar refractivity (Wildman–Crippen MR) is 83.9 cm³/mol. The minimum Gasteiger partial charge on any atom is -0.328 e. The van der Waals surface area contributed by atoms with Crippen LogP contribution in [0.1, 0.15) is 36.3 Å². The lowest BCUT2D eigenvalue weighted by atomic mass is 10.3. The summed E-state index contributed by atoms with van der Waals surface area (Å²) in [6, 6.07) is 0.107. The Morgan fingerprint density at radius 1 is 1.50 bits per heavy atom. The molecule has 0 aliphatic rings. The molecule has 1 N–H and O–H groups in total. The molecule has 0 aliphatic heterocycles. The molecule has 0 aliphatic carbocycles. The highest BCUT2D eigenvalue weighted by Crippen LogP contribution is 2.27. The number of fused-ring (bicyclic) bond motifs is 1.